The first-order valence-electron chi connectivity index (χ1n) is 6.84. The van der Waals surface area contributed by atoms with E-state index in [1.807, 2.05) is 0 Å². The maximum absolute atomic E-state index is 11.5. The van der Waals surface area contributed by atoms with E-state index in [-0.39, 0.29) is 5.91 Å². The van der Waals surface area contributed by atoms with E-state index in [4.69, 9.17) is 0 Å². The lowest BCUT2D eigenvalue weighted by atomic mass is 9.81. The molecule has 3 heteroatoms. The molecule has 0 radical (unpaired) electrons. The molecule has 1 saturated carbocycles. The van der Waals surface area contributed by atoms with Gasteiger partial charge in [-0.2, -0.15) is 0 Å². The number of hydrogen-bond acceptors (Lipinski definition) is 2. The lowest BCUT2D eigenvalue weighted by Crippen LogP contribution is -2.37. The summed E-state index contributed by atoms with van der Waals surface area (Å²) in [5, 5.41) is 6.02. The third kappa shape index (κ3) is 5.87. The van der Waals surface area contributed by atoms with Gasteiger partial charge in [0, 0.05) is 13.1 Å². The van der Waals surface area contributed by atoms with Crippen LogP contribution >= 0.6 is 0 Å². The molecule has 0 aromatic carbocycles. The van der Waals surface area contributed by atoms with Gasteiger partial charge < -0.3 is 10.6 Å². The number of carbonyl (C=O) groups excluding carboxylic acids is 1. The summed E-state index contributed by atoms with van der Waals surface area (Å²) in [7, 11) is 0. The molecular weight excluding hydrogens is 212 g/mol. The number of rotatable bonds is 7. The second-order valence-electron chi connectivity index (χ2n) is 5.02. The Labute approximate surface area is 105 Å². The fourth-order valence-corrected chi connectivity index (χ4v) is 2.45. The van der Waals surface area contributed by atoms with Crippen LogP contribution in [0.4, 0.5) is 0 Å². The molecule has 0 saturated heterocycles. The van der Waals surface area contributed by atoms with Crippen LogP contribution in [0.2, 0.25) is 0 Å². The summed E-state index contributed by atoms with van der Waals surface area (Å²) in [6, 6.07) is 0. The molecule has 98 valence electrons. The molecular formula is C14H26N2O. The van der Waals surface area contributed by atoms with E-state index in [2.05, 4.69) is 24.1 Å². The van der Waals surface area contributed by atoms with Gasteiger partial charge in [0.15, 0.2) is 0 Å². The van der Waals surface area contributed by atoms with Crippen molar-refractivity contribution in [1.29, 1.82) is 0 Å². The number of carbonyl (C=O) groups is 1. The zero-order valence-corrected chi connectivity index (χ0v) is 11.0. The number of nitrogens with one attached hydrogen (secondary N) is 2. The monoisotopic (exact) mass is 238 g/mol. The molecule has 1 aliphatic rings. The first-order chi connectivity index (χ1) is 8.26. The van der Waals surface area contributed by atoms with Crippen molar-refractivity contribution in [2.24, 2.45) is 11.8 Å². The van der Waals surface area contributed by atoms with Gasteiger partial charge in [-0.25, -0.2) is 0 Å². The zero-order valence-electron chi connectivity index (χ0n) is 11.0. The number of hydrogen-bond donors (Lipinski definition) is 2. The van der Waals surface area contributed by atoms with Crippen LogP contribution in [0.15, 0.2) is 12.7 Å². The normalized spacial score (nSPS) is 24.3. The van der Waals surface area contributed by atoms with Crippen molar-refractivity contribution < 1.29 is 4.79 Å². The van der Waals surface area contributed by atoms with Crippen LogP contribution in [0.25, 0.3) is 0 Å². The fourth-order valence-electron chi connectivity index (χ4n) is 2.45. The molecule has 0 unspecified atom stereocenters. The van der Waals surface area contributed by atoms with Gasteiger partial charge in [0.05, 0.1) is 6.54 Å². The quantitative estimate of drug-likeness (QED) is 0.527. The molecule has 1 amide bonds. The highest BCUT2D eigenvalue weighted by atomic mass is 16.1. The van der Waals surface area contributed by atoms with Gasteiger partial charge in [-0.3, -0.25) is 4.79 Å². The summed E-state index contributed by atoms with van der Waals surface area (Å²) in [5.74, 6) is 1.72. The topological polar surface area (TPSA) is 41.1 Å². The summed E-state index contributed by atoms with van der Waals surface area (Å²) in [6.07, 6.45) is 8.30. The minimum absolute atomic E-state index is 0.101. The van der Waals surface area contributed by atoms with Crippen LogP contribution in [0.3, 0.4) is 0 Å². The van der Waals surface area contributed by atoms with E-state index in [0.29, 0.717) is 19.0 Å². The standard InChI is InChI=1S/C14H26N2O/c1-3-9-15-11-14(17)16-10-13-7-5-12(4-2)6-8-13/h3,12-13,15H,1,4-11H2,2H3,(H,16,17). The van der Waals surface area contributed by atoms with Crippen LogP contribution in [0.5, 0.6) is 0 Å². The Morgan fingerprint density at radius 2 is 1.94 bits per heavy atom. The van der Waals surface area contributed by atoms with E-state index in [9.17, 15) is 4.79 Å². The smallest absolute Gasteiger partial charge is 0.233 e. The Morgan fingerprint density at radius 3 is 2.53 bits per heavy atom. The lowest BCUT2D eigenvalue weighted by molar-refractivity contribution is -0.120. The van der Waals surface area contributed by atoms with Crippen LogP contribution in [0.1, 0.15) is 39.0 Å². The Balaban J connectivity index is 2.06. The van der Waals surface area contributed by atoms with Gasteiger partial charge in [-0.1, -0.05) is 32.3 Å². The fraction of sp³-hybridized carbons (Fsp3) is 0.786. The predicted molar refractivity (Wildman–Crippen MR) is 71.8 cm³/mol. The summed E-state index contributed by atoms with van der Waals surface area (Å²) in [5.41, 5.74) is 0. The maximum atomic E-state index is 11.5. The SMILES string of the molecule is C=CCNCC(=O)NCC1CCC(CC)CC1. The molecule has 0 aliphatic heterocycles. The van der Waals surface area contributed by atoms with Gasteiger partial charge in [0.1, 0.15) is 0 Å². The van der Waals surface area contributed by atoms with Crippen LogP contribution in [-0.4, -0.2) is 25.5 Å². The first kappa shape index (κ1) is 14.2. The Hall–Kier alpha value is -0.830. The third-order valence-electron chi connectivity index (χ3n) is 3.71. The van der Waals surface area contributed by atoms with Gasteiger partial charge in [-0.05, 0) is 24.7 Å². The van der Waals surface area contributed by atoms with Crippen molar-refractivity contribution in [3.8, 4) is 0 Å². The molecule has 0 aromatic heterocycles. The second kappa shape index (κ2) is 8.29. The van der Waals surface area contributed by atoms with Crippen molar-refractivity contribution >= 4 is 5.91 Å². The van der Waals surface area contributed by atoms with Crippen LogP contribution in [-0.2, 0) is 4.79 Å². The van der Waals surface area contributed by atoms with E-state index in [1.54, 1.807) is 6.08 Å². The highest BCUT2D eigenvalue weighted by Crippen LogP contribution is 2.29. The van der Waals surface area contributed by atoms with Crippen molar-refractivity contribution in [2.75, 3.05) is 19.6 Å². The maximum Gasteiger partial charge on any atom is 0.233 e. The third-order valence-corrected chi connectivity index (χ3v) is 3.71. The molecule has 2 N–H and O–H groups in total. The summed E-state index contributed by atoms with van der Waals surface area (Å²) < 4.78 is 0. The van der Waals surface area contributed by atoms with Crippen LogP contribution in [0, 0.1) is 11.8 Å². The molecule has 0 spiro atoms. The minimum Gasteiger partial charge on any atom is -0.355 e. The minimum atomic E-state index is 0.101. The molecule has 17 heavy (non-hydrogen) atoms. The van der Waals surface area contributed by atoms with Crippen LogP contribution < -0.4 is 10.6 Å². The number of amides is 1. The largest absolute Gasteiger partial charge is 0.355 e. The Bertz CT molecular complexity index is 232. The zero-order chi connectivity index (χ0) is 12.5. The van der Waals surface area contributed by atoms with Crippen molar-refractivity contribution in [2.45, 2.75) is 39.0 Å². The summed E-state index contributed by atoms with van der Waals surface area (Å²) >= 11 is 0. The van der Waals surface area contributed by atoms with E-state index in [1.165, 1.54) is 32.1 Å². The Morgan fingerprint density at radius 1 is 1.29 bits per heavy atom. The Kier molecular flexibility index (Phi) is 6.94. The predicted octanol–water partition coefficient (Wildman–Crippen LogP) is 2.09. The van der Waals surface area contributed by atoms with E-state index >= 15 is 0 Å². The van der Waals surface area contributed by atoms with E-state index < -0.39 is 0 Å². The molecule has 0 heterocycles. The average molecular weight is 238 g/mol. The summed E-state index contributed by atoms with van der Waals surface area (Å²) in [6.45, 7) is 7.81. The van der Waals surface area contributed by atoms with Gasteiger partial charge in [0.25, 0.3) is 0 Å². The molecule has 3 nitrogen and oxygen atoms in total. The van der Waals surface area contributed by atoms with Gasteiger partial charge in [0.2, 0.25) is 5.91 Å². The molecule has 1 rings (SSSR count). The highest BCUT2D eigenvalue weighted by Gasteiger charge is 2.19. The average Bonchev–Trinajstić information content (AvgIpc) is 2.37. The molecule has 1 fully saturated rings. The van der Waals surface area contributed by atoms with Gasteiger partial charge in [-0.15, -0.1) is 6.58 Å². The summed E-state index contributed by atoms with van der Waals surface area (Å²) in [4.78, 5) is 11.5. The molecule has 0 bridgehead atoms. The molecule has 1 aliphatic carbocycles. The highest BCUT2D eigenvalue weighted by molar-refractivity contribution is 5.77. The van der Waals surface area contributed by atoms with Crippen molar-refractivity contribution in [3.05, 3.63) is 12.7 Å². The molecule has 0 atom stereocenters. The van der Waals surface area contributed by atoms with E-state index in [0.717, 1.165) is 12.5 Å². The second-order valence-corrected chi connectivity index (χ2v) is 5.02. The molecule has 0 aromatic rings. The van der Waals surface area contributed by atoms with Crippen molar-refractivity contribution in [1.82, 2.24) is 10.6 Å². The first-order valence-corrected chi connectivity index (χ1v) is 6.84. The van der Waals surface area contributed by atoms with Crippen molar-refractivity contribution in [3.63, 3.8) is 0 Å². The van der Waals surface area contributed by atoms with Gasteiger partial charge >= 0.3 is 0 Å². The lowest BCUT2D eigenvalue weighted by Gasteiger charge is -2.27.